The summed E-state index contributed by atoms with van der Waals surface area (Å²) in [5.41, 5.74) is 0. The minimum atomic E-state index is 0.676. The number of hydrogen-bond donors (Lipinski definition) is 1. The summed E-state index contributed by atoms with van der Waals surface area (Å²) in [6, 6.07) is 0.676. The number of rotatable bonds is 10. The molecule has 0 saturated carbocycles. The molecule has 0 amide bonds. The van der Waals surface area contributed by atoms with Crippen molar-refractivity contribution < 1.29 is 4.74 Å². The zero-order chi connectivity index (χ0) is 11.5. The van der Waals surface area contributed by atoms with E-state index >= 15 is 0 Å². The Morgan fingerprint density at radius 2 is 1.80 bits per heavy atom. The topological polar surface area (TPSA) is 21.3 Å². The number of hydrogen-bond acceptors (Lipinski definition) is 2. The van der Waals surface area contributed by atoms with Gasteiger partial charge in [-0.1, -0.05) is 26.7 Å². The molecule has 0 aromatic carbocycles. The van der Waals surface area contributed by atoms with Crippen LogP contribution in [0.4, 0.5) is 0 Å². The van der Waals surface area contributed by atoms with Crippen LogP contribution in [0.1, 0.15) is 52.9 Å². The summed E-state index contributed by atoms with van der Waals surface area (Å²) in [6.07, 6.45) is 6.35. The van der Waals surface area contributed by atoms with E-state index in [1.807, 2.05) is 0 Å². The second-order valence-electron chi connectivity index (χ2n) is 4.24. The lowest BCUT2D eigenvalue weighted by Gasteiger charge is -2.21. The molecule has 0 aromatic rings. The highest BCUT2D eigenvalue weighted by Crippen LogP contribution is 2.17. The first-order chi connectivity index (χ1) is 7.28. The molecular weight excluding hydrogens is 186 g/mol. The van der Waals surface area contributed by atoms with Gasteiger partial charge in [-0.15, -0.1) is 0 Å². The van der Waals surface area contributed by atoms with Crippen LogP contribution in [-0.4, -0.2) is 26.3 Å². The van der Waals surface area contributed by atoms with Crippen molar-refractivity contribution in [1.82, 2.24) is 5.32 Å². The maximum atomic E-state index is 5.36. The molecule has 0 aliphatic heterocycles. The molecule has 92 valence electrons. The van der Waals surface area contributed by atoms with E-state index in [1.165, 1.54) is 32.1 Å². The first-order valence-corrected chi connectivity index (χ1v) is 6.53. The van der Waals surface area contributed by atoms with Crippen molar-refractivity contribution in [1.29, 1.82) is 0 Å². The van der Waals surface area contributed by atoms with Crippen molar-refractivity contribution in [2.75, 3.05) is 20.3 Å². The zero-order valence-corrected chi connectivity index (χ0v) is 11.0. The van der Waals surface area contributed by atoms with Gasteiger partial charge in [0.05, 0.1) is 0 Å². The minimum Gasteiger partial charge on any atom is -0.382 e. The van der Waals surface area contributed by atoms with Gasteiger partial charge in [-0.05, 0) is 39.2 Å². The van der Waals surface area contributed by atoms with Crippen LogP contribution in [0.25, 0.3) is 0 Å². The third-order valence-electron chi connectivity index (χ3n) is 3.23. The quantitative estimate of drug-likeness (QED) is 0.565. The van der Waals surface area contributed by atoms with Crippen molar-refractivity contribution in [3.05, 3.63) is 0 Å². The van der Waals surface area contributed by atoms with Crippen molar-refractivity contribution in [3.8, 4) is 0 Å². The Labute approximate surface area is 95.8 Å². The van der Waals surface area contributed by atoms with E-state index in [-0.39, 0.29) is 0 Å². The van der Waals surface area contributed by atoms with Crippen molar-refractivity contribution >= 4 is 0 Å². The molecule has 1 unspecified atom stereocenters. The Hall–Kier alpha value is -0.0800. The molecule has 0 aliphatic carbocycles. The maximum Gasteiger partial charge on any atom is 0.0466 e. The van der Waals surface area contributed by atoms with Gasteiger partial charge in [0.15, 0.2) is 0 Å². The second kappa shape index (κ2) is 10.4. The van der Waals surface area contributed by atoms with Crippen LogP contribution in [0.5, 0.6) is 0 Å². The standard InChI is InChI=1S/C13H29NO/c1-5-12(6-2)11-13(14-4)9-8-10-15-7-3/h12-14H,5-11H2,1-4H3. The number of nitrogens with one attached hydrogen (secondary N) is 1. The average molecular weight is 215 g/mol. The first-order valence-electron chi connectivity index (χ1n) is 6.53. The van der Waals surface area contributed by atoms with Crippen LogP contribution >= 0.6 is 0 Å². The van der Waals surface area contributed by atoms with E-state index in [4.69, 9.17) is 4.74 Å². The lowest BCUT2D eigenvalue weighted by molar-refractivity contribution is 0.140. The fourth-order valence-electron chi connectivity index (χ4n) is 1.98. The van der Waals surface area contributed by atoms with Crippen LogP contribution < -0.4 is 5.32 Å². The van der Waals surface area contributed by atoms with Gasteiger partial charge in [0.25, 0.3) is 0 Å². The van der Waals surface area contributed by atoms with E-state index in [2.05, 4.69) is 33.1 Å². The molecule has 0 heterocycles. The minimum absolute atomic E-state index is 0.676. The van der Waals surface area contributed by atoms with E-state index in [9.17, 15) is 0 Å². The molecule has 0 radical (unpaired) electrons. The highest BCUT2D eigenvalue weighted by Gasteiger charge is 2.11. The van der Waals surface area contributed by atoms with Gasteiger partial charge >= 0.3 is 0 Å². The predicted molar refractivity (Wildman–Crippen MR) is 67.3 cm³/mol. The summed E-state index contributed by atoms with van der Waals surface area (Å²) in [5.74, 6) is 0.884. The van der Waals surface area contributed by atoms with Gasteiger partial charge in [0, 0.05) is 19.3 Å². The molecule has 0 aromatic heterocycles. The zero-order valence-electron chi connectivity index (χ0n) is 11.0. The lowest BCUT2D eigenvalue weighted by atomic mass is 9.93. The molecule has 1 atom stereocenters. The summed E-state index contributed by atoms with van der Waals surface area (Å²) in [4.78, 5) is 0. The second-order valence-corrected chi connectivity index (χ2v) is 4.24. The molecule has 0 aliphatic rings. The monoisotopic (exact) mass is 215 g/mol. The summed E-state index contributed by atoms with van der Waals surface area (Å²) in [7, 11) is 2.08. The Morgan fingerprint density at radius 3 is 2.27 bits per heavy atom. The van der Waals surface area contributed by atoms with Crippen LogP contribution in [-0.2, 0) is 4.74 Å². The third-order valence-corrected chi connectivity index (χ3v) is 3.23. The normalized spacial score (nSPS) is 13.4. The molecule has 1 N–H and O–H groups in total. The largest absolute Gasteiger partial charge is 0.382 e. The Bertz CT molecular complexity index is 124. The van der Waals surface area contributed by atoms with E-state index < -0.39 is 0 Å². The fraction of sp³-hybridized carbons (Fsp3) is 1.00. The highest BCUT2D eigenvalue weighted by atomic mass is 16.5. The van der Waals surface area contributed by atoms with Crippen LogP contribution in [0.15, 0.2) is 0 Å². The van der Waals surface area contributed by atoms with Gasteiger partial charge < -0.3 is 10.1 Å². The summed E-state index contributed by atoms with van der Waals surface area (Å²) in [6.45, 7) is 8.40. The van der Waals surface area contributed by atoms with Crippen molar-refractivity contribution in [3.63, 3.8) is 0 Å². The van der Waals surface area contributed by atoms with Crippen LogP contribution in [0.3, 0.4) is 0 Å². The highest BCUT2D eigenvalue weighted by molar-refractivity contribution is 4.69. The van der Waals surface area contributed by atoms with E-state index in [0.29, 0.717) is 6.04 Å². The molecular formula is C13H29NO. The van der Waals surface area contributed by atoms with Gasteiger partial charge in [-0.3, -0.25) is 0 Å². The van der Waals surface area contributed by atoms with Crippen LogP contribution in [0, 0.1) is 5.92 Å². The molecule has 0 bridgehead atoms. The van der Waals surface area contributed by atoms with Crippen molar-refractivity contribution in [2.24, 2.45) is 5.92 Å². The lowest BCUT2D eigenvalue weighted by Crippen LogP contribution is -2.28. The van der Waals surface area contributed by atoms with E-state index in [0.717, 1.165) is 19.1 Å². The predicted octanol–water partition coefficient (Wildman–Crippen LogP) is 3.22. The summed E-state index contributed by atoms with van der Waals surface area (Å²) < 4.78 is 5.36. The SMILES string of the molecule is CCOCCCC(CC(CC)CC)NC. The van der Waals surface area contributed by atoms with Gasteiger partial charge in [-0.25, -0.2) is 0 Å². The molecule has 0 spiro atoms. The Balaban J connectivity index is 3.61. The molecule has 2 nitrogen and oxygen atoms in total. The molecule has 0 saturated heterocycles. The molecule has 2 heteroatoms. The molecule has 0 rings (SSSR count). The maximum absolute atomic E-state index is 5.36. The van der Waals surface area contributed by atoms with Gasteiger partial charge in [-0.2, -0.15) is 0 Å². The van der Waals surface area contributed by atoms with Crippen LogP contribution in [0.2, 0.25) is 0 Å². The van der Waals surface area contributed by atoms with Gasteiger partial charge in [0.1, 0.15) is 0 Å². The average Bonchev–Trinajstić information content (AvgIpc) is 2.28. The fourth-order valence-corrected chi connectivity index (χ4v) is 1.98. The number of ether oxygens (including phenoxy) is 1. The van der Waals surface area contributed by atoms with Gasteiger partial charge in [0.2, 0.25) is 0 Å². The summed E-state index contributed by atoms with van der Waals surface area (Å²) in [5, 5.41) is 3.42. The molecule has 15 heavy (non-hydrogen) atoms. The Morgan fingerprint density at radius 1 is 1.13 bits per heavy atom. The Kier molecular flexibility index (Phi) is 10.4. The molecule has 0 fully saturated rings. The van der Waals surface area contributed by atoms with E-state index in [1.54, 1.807) is 0 Å². The van der Waals surface area contributed by atoms with Crippen molar-refractivity contribution in [2.45, 2.75) is 58.9 Å². The third kappa shape index (κ3) is 7.80. The first kappa shape index (κ1) is 14.9. The summed E-state index contributed by atoms with van der Waals surface area (Å²) >= 11 is 0. The smallest absolute Gasteiger partial charge is 0.0466 e.